The Kier molecular flexibility index (Phi) is 5.38. The molecule has 0 unspecified atom stereocenters. The number of aliphatic hydroxyl groups is 1. The number of rotatable bonds is 4. The number of benzene rings is 1. The quantitative estimate of drug-likeness (QED) is 0.813. The molecule has 0 spiro atoms. The summed E-state index contributed by atoms with van der Waals surface area (Å²) in [7, 11) is 1.58. The van der Waals surface area contributed by atoms with E-state index in [1.54, 1.807) is 45.2 Å². The molecule has 2 aliphatic heterocycles. The molecule has 26 heavy (non-hydrogen) atoms. The van der Waals surface area contributed by atoms with E-state index in [0.717, 1.165) is 0 Å². The van der Waals surface area contributed by atoms with Gasteiger partial charge in [0.25, 0.3) is 0 Å². The third-order valence-electron chi connectivity index (χ3n) is 4.37. The van der Waals surface area contributed by atoms with Crippen molar-refractivity contribution in [3.63, 3.8) is 0 Å². The lowest BCUT2D eigenvalue weighted by molar-refractivity contribution is -0.361. The van der Waals surface area contributed by atoms with Crippen LogP contribution < -0.4 is 14.8 Å². The summed E-state index contributed by atoms with van der Waals surface area (Å²) in [4.78, 5) is 11.6. The Balaban J connectivity index is 1.79. The van der Waals surface area contributed by atoms with Gasteiger partial charge in [0, 0.05) is 6.92 Å². The summed E-state index contributed by atoms with van der Waals surface area (Å²) >= 11 is 0. The van der Waals surface area contributed by atoms with Gasteiger partial charge in [-0.1, -0.05) is 0 Å². The highest BCUT2D eigenvalue weighted by atomic mass is 16.8. The SMILES string of the molecule is COc1ccc(O[C@H]2O[C@@H]3COC(C)(C)O[C@@H]3[C@@H](O)[C@@H]2NC(C)=O)cc1. The second-order valence-corrected chi connectivity index (χ2v) is 6.85. The molecule has 0 aromatic heterocycles. The lowest BCUT2D eigenvalue weighted by Crippen LogP contribution is -2.69. The zero-order chi connectivity index (χ0) is 18.9. The van der Waals surface area contributed by atoms with Gasteiger partial charge in [-0.2, -0.15) is 0 Å². The second kappa shape index (κ2) is 7.40. The average Bonchev–Trinajstić information content (AvgIpc) is 2.59. The highest BCUT2D eigenvalue weighted by Crippen LogP contribution is 2.33. The van der Waals surface area contributed by atoms with Crippen molar-refractivity contribution >= 4 is 5.91 Å². The lowest BCUT2D eigenvalue weighted by Gasteiger charge is -2.49. The normalized spacial score (nSPS) is 33.0. The van der Waals surface area contributed by atoms with Crippen molar-refractivity contribution in [3.8, 4) is 11.5 Å². The van der Waals surface area contributed by atoms with Crippen molar-refractivity contribution in [2.75, 3.05) is 13.7 Å². The topological polar surface area (TPSA) is 95.5 Å². The highest BCUT2D eigenvalue weighted by molar-refractivity contribution is 5.73. The van der Waals surface area contributed by atoms with E-state index in [1.807, 2.05) is 0 Å². The van der Waals surface area contributed by atoms with Crippen LogP contribution in [0.2, 0.25) is 0 Å². The molecule has 0 aliphatic carbocycles. The van der Waals surface area contributed by atoms with Gasteiger partial charge in [-0.3, -0.25) is 4.79 Å². The summed E-state index contributed by atoms with van der Waals surface area (Å²) < 4.78 is 28.4. The Hall–Kier alpha value is -1.87. The third-order valence-corrected chi connectivity index (χ3v) is 4.37. The van der Waals surface area contributed by atoms with Gasteiger partial charge < -0.3 is 34.1 Å². The van der Waals surface area contributed by atoms with Crippen LogP contribution >= 0.6 is 0 Å². The van der Waals surface area contributed by atoms with Crippen molar-refractivity contribution < 1.29 is 33.6 Å². The molecule has 1 amide bonds. The molecule has 2 N–H and O–H groups in total. The number of nitrogens with one attached hydrogen (secondary N) is 1. The molecule has 2 saturated heterocycles. The molecule has 0 radical (unpaired) electrons. The molecule has 0 saturated carbocycles. The minimum atomic E-state index is -1.01. The molecular formula is C18H25NO7. The molecule has 0 bridgehead atoms. The zero-order valence-corrected chi connectivity index (χ0v) is 15.3. The summed E-state index contributed by atoms with van der Waals surface area (Å²) in [5, 5.41) is 13.5. The number of aliphatic hydroxyl groups excluding tert-OH is 1. The van der Waals surface area contributed by atoms with E-state index in [4.69, 9.17) is 23.7 Å². The molecule has 1 aromatic carbocycles. The van der Waals surface area contributed by atoms with Gasteiger partial charge in [0.15, 0.2) is 5.79 Å². The summed E-state index contributed by atoms with van der Waals surface area (Å²) in [5.74, 6) is 0.0768. The maximum absolute atomic E-state index is 11.6. The van der Waals surface area contributed by atoms with Gasteiger partial charge in [-0.25, -0.2) is 0 Å². The number of amides is 1. The number of ether oxygens (including phenoxy) is 5. The molecule has 144 valence electrons. The Labute approximate surface area is 152 Å². The zero-order valence-electron chi connectivity index (χ0n) is 15.3. The first-order chi connectivity index (χ1) is 12.3. The number of methoxy groups -OCH3 is 1. The fourth-order valence-corrected chi connectivity index (χ4v) is 3.12. The van der Waals surface area contributed by atoms with Gasteiger partial charge in [0.05, 0.1) is 13.7 Å². The Morgan fingerprint density at radius 1 is 1.27 bits per heavy atom. The van der Waals surface area contributed by atoms with Gasteiger partial charge in [-0.05, 0) is 38.1 Å². The van der Waals surface area contributed by atoms with E-state index < -0.39 is 36.4 Å². The van der Waals surface area contributed by atoms with Gasteiger partial charge in [-0.15, -0.1) is 0 Å². The van der Waals surface area contributed by atoms with E-state index in [1.165, 1.54) is 6.92 Å². The Morgan fingerprint density at radius 3 is 2.54 bits per heavy atom. The van der Waals surface area contributed by atoms with Gasteiger partial charge >= 0.3 is 0 Å². The van der Waals surface area contributed by atoms with Crippen molar-refractivity contribution in [1.82, 2.24) is 5.32 Å². The molecule has 1 aromatic rings. The first-order valence-electron chi connectivity index (χ1n) is 8.52. The van der Waals surface area contributed by atoms with Gasteiger partial charge in [0.1, 0.15) is 35.9 Å². The van der Waals surface area contributed by atoms with Crippen LogP contribution in [0.3, 0.4) is 0 Å². The largest absolute Gasteiger partial charge is 0.497 e. The minimum absolute atomic E-state index is 0.254. The van der Waals surface area contributed by atoms with Crippen LogP contribution in [0, 0.1) is 0 Å². The van der Waals surface area contributed by atoms with Crippen LogP contribution in [0.5, 0.6) is 11.5 Å². The van der Waals surface area contributed by atoms with Crippen molar-refractivity contribution in [2.45, 2.75) is 57.2 Å². The molecule has 2 heterocycles. The standard InChI is InChI=1S/C18H25NO7/c1-10(20)19-14-15(21)16-13(9-23-18(2,3)26-16)25-17(14)24-12-7-5-11(22-4)6-8-12/h5-8,13-17,21H,9H2,1-4H3,(H,19,20)/t13-,14+,15+,16+,17+/m1/s1. The van der Waals surface area contributed by atoms with Crippen LogP contribution in [0.1, 0.15) is 20.8 Å². The second-order valence-electron chi connectivity index (χ2n) is 6.85. The number of hydrogen-bond donors (Lipinski definition) is 2. The van der Waals surface area contributed by atoms with Crippen molar-refractivity contribution in [3.05, 3.63) is 24.3 Å². The van der Waals surface area contributed by atoms with E-state index in [0.29, 0.717) is 11.5 Å². The first kappa shape index (κ1) is 18.9. The molecular weight excluding hydrogens is 342 g/mol. The lowest BCUT2D eigenvalue weighted by atomic mass is 9.95. The van der Waals surface area contributed by atoms with Crippen molar-refractivity contribution in [2.24, 2.45) is 0 Å². The predicted molar refractivity (Wildman–Crippen MR) is 90.8 cm³/mol. The van der Waals surface area contributed by atoms with Gasteiger partial charge in [0.2, 0.25) is 12.2 Å². The highest BCUT2D eigenvalue weighted by Gasteiger charge is 2.52. The van der Waals surface area contributed by atoms with E-state index in [9.17, 15) is 9.90 Å². The van der Waals surface area contributed by atoms with Crippen LogP contribution in [0.4, 0.5) is 0 Å². The summed E-state index contributed by atoms with van der Waals surface area (Å²) in [6.45, 7) is 5.16. The molecule has 8 heteroatoms. The number of carbonyl (C=O) groups excluding carboxylic acids is 1. The van der Waals surface area contributed by atoms with E-state index >= 15 is 0 Å². The molecule has 2 aliphatic rings. The fourth-order valence-electron chi connectivity index (χ4n) is 3.12. The molecule has 5 atom stereocenters. The maximum atomic E-state index is 11.6. The van der Waals surface area contributed by atoms with E-state index in [2.05, 4.69) is 5.32 Å². The minimum Gasteiger partial charge on any atom is -0.497 e. The van der Waals surface area contributed by atoms with E-state index in [-0.39, 0.29) is 12.5 Å². The van der Waals surface area contributed by atoms with Crippen molar-refractivity contribution in [1.29, 1.82) is 0 Å². The smallest absolute Gasteiger partial charge is 0.223 e. The first-order valence-corrected chi connectivity index (χ1v) is 8.52. The summed E-state index contributed by atoms with van der Waals surface area (Å²) in [6, 6.07) is 6.16. The summed E-state index contributed by atoms with van der Waals surface area (Å²) in [6.07, 6.45) is -3.04. The summed E-state index contributed by atoms with van der Waals surface area (Å²) in [5.41, 5.74) is 0. The van der Waals surface area contributed by atoms with Crippen LogP contribution in [0.25, 0.3) is 0 Å². The maximum Gasteiger partial charge on any atom is 0.223 e. The van der Waals surface area contributed by atoms with Crippen LogP contribution in [-0.2, 0) is 19.0 Å². The molecule has 8 nitrogen and oxygen atoms in total. The Morgan fingerprint density at radius 2 is 1.92 bits per heavy atom. The average molecular weight is 367 g/mol. The van der Waals surface area contributed by atoms with Crippen LogP contribution in [0.15, 0.2) is 24.3 Å². The van der Waals surface area contributed by atoms with Crippen LogP contribution in [-0.4, -0.2) is 61.2 Å². The number of hydrogen-bond acceptors (Lipinski definition) is 7. The predicted octanol–water partition coefficient (Wildman–Crippen LogP) is 0.816. The third kappa shape index (κ3) is 4.09. The molecule has 3 rings (SSSR count). The Bertz CT molecular complexity index is 633. The molecule has 2 fully saturated rings. The number of fused-ring (bicyclic) bond motifs is 1. The number of carbonyl (C=O) groups is 1. The fraction of sp³-hybridized carbons (Fsp3) is 0.611. The monoisotopic (exact) mass is 367 g/mol.